The Balaban J connectivity index is 1.35. The lowest BCUT2D eigenvalue weighted by Gasteiger charge is -2.47. The largest absolute Gasteiger partial charge is 0.345 e. The second kappa shape index (κ2) is 6.76. The fraction of sp³-hybridized carbons (Fsp3) is 0.400. The van der Waals surface area contributed by atoms with Gasteiger partial charge >= 0.3 is 0 Å². The Morgan fingerprint density at radius 2 is 2.15 bits per heavy atom. The monoisotopic (exact) mass is 383 g/mol. The number of nitrogens with one attached hydrogen (secondary N) is 1. The third-order valence-electron chi connectivity index (χ3n) is 5.67. The highest BCUT2D eigenvalue weighted by Gasteiger charge is 2.40. The Labute approximate surface area is 161 Å². The van der Waals surface area contributed by atoms with E-state index in [9.17, 15) is 4.79 Å². The van der Waals surface area contributed by atoms with E-state index in [1.54, 1.807) is 11.3 Å². The highest BCUT2D eigenvalue weighted by atomic mass is 32.1. The molecule has 134 valence electrons. The molecule has 1 amide bonds. The molecular formula is C20H21N3OS2. The van der Waals surface area contributed by atoms with Crippen LogP contribution in [0.4, 0.5) is 0 Å². The average Bonchev–Trinajstić information content (AvgIpc) is 3.27. The van der Waals surface area contributed by atoms with Crippen molar-refractivity contribution in [2.45, 2.75) is 37.8 Å². The van der Waals surface area contributed by atoms with Gasteiger partial charge in [0.05, 0.1) is 10.7 Å². The molecule has 1 aromatic carbocycles. The lowest BCUT2D eigenvalue weighted by Crippen LogP contribution is -2.66. The van der Waals surface area contributed by atoms with Crippen LogP contribution in [0.3, 0.4) is 0 Å². The van der Waals surface area contributed by atoms with E-state index in [2.05, 4.69) is 43.5 Å². The Morgan fingerprint density at radius 3 is 3.04 bits per heavy atom. The zero-order valence-electron chi connectivity index (χ0n) is 14.5. The van der Waals surface area contributed by atoms with E-state index in [0.29, 0.717) is 11.7 Å². The lowest BCUT2D eigenvalue weighted by atomic mass is 9.93. The number of thiophene rings is 1. The quantitative estimate of drug-likeness (QED) is 0.730. The Morgan fingerprint density at radius 1 is 1.19 bits per heavy atom. The first-order valence-corrected chi connectivity index (χ1v) is 11.0. The smallest absolute Gasteiger partial charge is 0.271 e. The molecule has 4 nitrogen and oxygen atoms in total. The zero-order chi connectivity index (χ0) is 17.5. The number of nitrogens with zero attached hydrogens (tertiary/aromatic N) is 2. The summed E-state index contributed by atoms with van der Waals surface area (Å²) in [5.41, 5.74) is 2.98. The van der Waals surface area contributed by atoms with Crippen LogP contribution in [0.2, 0.25) is 0 Å². The van der Waals surface area contributed by atoms with Crippen molar-refractivity contribution < 1.29 is 4.79 Å². The molecular weight excluding hydrogens is 362 g/mol. The van der Waals surface area contributed by atoms with Crippen molar-refractivity contribution in [3.05, 3.63) is 40.7 Å². The van der Waals surface area contributed by atoms with Crippen LogP contribution in [0.5, 0.6) is 0 Å². The summed E-state index contributed by atoms with van der Waals surface area (Å²) >= 11 is 3.11. The first kappa shape index (κ1) is 16.4. The van der Waals surface area contributed by atoms with Gasteiger partial charge in [0.2, 0.25) is 0 Å². The van der Waals surface area contributed by atoms with Gasteiger partial charge in [0.25, 0.3) is 5.91 Å². The van der Waals surface area contributed by atoms with Gasteiger partial charge < -0.3 is 5.32 Å². The van der Waals surface area contributed by atoms with Gasteiger partial charge in [-0.15, -0.1) is 0 Å². The van der Waals surface area contributed by atoms with Crippen LogP contribution >= 0.6 is 22.9 Å². The Bertz CT molecular complexity index is 934. The van der Waals surface area contributed by atoms with Gasteiger partial charge in [0.1, 0.15) is 5.69 Å². The second-order valence-corrected chi connectivity index (χ2v) is 8.83. The summed E-state index contributed by atoms with van der Waals surface area (Å²) in [6.45, 7) is 2.17. The van der Waals surface area contributed by atoms with E-state index >= 15 is 0 Å². The summed E-state index contributed by atoms with van der Waals surface area (Å²) in [5.74, 6) is -0.0200. The maximum Gasteiger partial charge on any atom is 0.271 e. The summed E-state index contributed by atoms with van der Waals surface area (Å²) < 4.78 is 5.54. The molecule has 6 heteroatoms. The van der Waals surface area contributed by atoms with Crippen LogP contribution in [-0.4, -0.2) is 40.4 Å². The van der Waals surface area contributed by atoms with E-state index in [1.807, 2.05) is 6.07 Å². The van der Waals surface area contributed by atoms with Crippen molar-refractivity contribution in [3.8, 4) is 11.1 Å². The van der Waals surface area contributed by atoms with Gasteiger partial charge in [-0.25, -0.2) is 0 Å². The average molecular weight is 384 g/mol. The van der Waals surface area contributed by atoms with Crippen molar-refractivity contribution in [1.82, 2.24) is 14.6 Å². The molecule has 5 rings (SSSR count). The van der Waals surface area contributed by atoms with Crippen molar-refractivity contribution in [2.75, 3.05) is 13.1 Å². The van der Waals surface area contributed by atoms with Gasteiger partial charge in [-0.1, -0.05) is 25.0 Å². The fourth-order valence-electron chi connectivity index (χ4n) is 4.20. The minimum atomic E-state index is -0.0200. The predicted octanol–water partition coefficient (Wildman–Crippen LogP) is 4.38. The molecule has 26 heavy (non-hydrogen) atoms. The lowest BCUT2D eigenvalue weighted by molar-refractivity contribution is 0.0410. The van der Waals surface area contributed by atoms with Gasteiger partial charge in [-0.3, -0.25) is 9.69 Å². The number of carbonyl (C=O) groups is 1. The van der Waals surface area contributed by atoms with Gasteiger partial charge in [-0.2, -0.15) is 15.7 Å². The van der Waals surface area contributed by atoms with Gasteiger partial charge in [-0.05, 0) is 64.9 Å². The molecule has 1 unspecified atom stereocenters. The maximum absolute atomic E-state index is 12.8. The molecule has 0 bridgehead atoms. The summed E-state index contributed by atoms with van der Waals surface area (Å²) in [5, 5.41) is 8.43. The first-order valence-electron chi connectivity index (χ1n) is 9.26. The number of hydrogen-bond acceptors (Lipinski definition) is 5. The van der Waals surface area contributed by atoms with E-state index in [1.165, 1.54) is 54.9 Å². The van der Waals surface area contributed by atoms with Crippen molar-refractivity contribution in [3.63, 3.8) is 0 Å². The zero-order valence-corrected chi connectivity index (χ0v) is 16.1. The number of fused-ring (bicyclic) bond motifs is 2. The molecule has 2 atom stereocenters. The molecule has 2 saturated heterocycles. The third kappa shape index (κ3) is 2.86. The van der Waals surface area contributed by atoms with Crippen molar-refractivity contribution in [2.24, 2.45) is 0 Å². The molecule has 3 aromatic rings. The molecule has 1 N–H and O–H groups in total. The molecule has 2 aromatic heterocycles. The summed E-state index contributed by atoms with van der Waals surface area (Å²) in [4.78, 5) is 15.3. The van der Waals surface area contributed by atoms with Crippen LogP contribution in [0, 0.1) is 0 Å². The molecule has 0 radical (unpaired) electrons. The summed E-state index contributed by atoms with van der Waals surface area (Å²) in [6.07, 6.45) is 5.09. The number of aromatic nitrogens is 1. The molecule has 4 heterocycles. The Kier molecular flexibility index (Phi) is 4.27. The number of hydrogen-bond donors (Lipinski definition) is 1. The van der Waals surface area contributed by atoms with E-state index < -0.39 is 0 Å². The molecule has 2 aliphatic heterocycles. The van der Waals surface area contributed by atoms with E-state index in [4.69, 9.17) is 0 Å². The van der Waals surface area contributed by atoms with Crippen LogP contribution in [0.1, 0.15) is 36.2 Å². The Hall–Kier alpha value is -1.76. The maximum atomic E-state index is 12.8. The normalized spacial score (nSPS) is 23.2. The van der Waals surface area contributed by atoms with Crippen LogP contribution in [0.15, 0.2) is 35.0 Å². The standard InChI is InChI=1S/C20H21N3OS2/c24-20(21-16-11-23-8-3-1-2-4-17(16)23)19-15-6-5-13(10-18(15)26-22-19)14-7-9-25-12-14/h5-7,9-10,12,16-17H,1-4,8,11H2,(H,21,24)/t16-,17?/m1/s1. The molecule has 0 saturated carbocycles. The van der Waals surface area contributed by atoms with Gasteiger partial charge in [0.15, 0.2) is 0 Å². The van der Waals surface area contributed by atoms with Crippen molar-refractivity contribution >= 4 is 38.9 Å². The number of benzene rings is 1. The predicted molar refractivity (Wildman–Crippen MR) is 108 cm³/mol. The molecule has 0 spiro atoms. The van der Waals surface area contributed by atoms with Crippen LogP contribution in [-0.2, 0) is 0 Å². The van der Waals surface area contributed by atoms with Gasteiger partial charge in [0, 0.05) is 18.0 Å². The number of rotatable bonds is 3. The molecule has 2 aliphatic rings. The van der Waals surface area contributed by atoms with Crippen LogP contribution in [0.25, 0.3) is 21.2 Å². The number of carbonyl (C=O) groups excluding carboxylic acids is 1. The third-order valence-corrected chi connectivity index (χ3v) is 7.16. The first-order chi connectivity index (χ1) is 12.8. The number of amides is 1. The summed E-state index contributed by atoms with van der Waals surface area (Å²) in [7, 11) is 0. The van der Waals surface area contributed by atoms with E-state index in [0.717, 1.165) is 16.6 Å². The minimum Gasteiger partial charge on any atom is -0.345 e. The second-order valence-electron chi connectivity index (χ2n) is 7.25. The minimum absolute atomic E-state index is 0.0200. The summed E-state index contributed by atoms with van der Waals surface area (Å²) in [6, 6.07) is 9.20. The van der Waals surface area contributed by atoms with Crippen LogP contribution < -0.4 is 5.32 Å². The highest BCUT2D eigenvalue weighted by Crippen LogP contribution is 2.31. The fourth-order valence-corrected chi connectivity index (χ4v) is 5.68. The molecule has 0 aliphatic carbocycles. The van der Waals surface area contributed by atoms with E-state index in [-0.39, 0.29) is 11.9 Å². The highest BCUT2D eigenvalue weighted by molar-refractivity contribution is 7.13. The van der Waals surface area contributed by atoms with Crippen molar-refractivity contribution in [1.29, 1.82) is 0 Å². The molecule has 2 fully saturated rings. The SMILES string of the molecule is O=C(N[C@@H]1CN2CCCCCC12)c1nsc2cc(-c3ccsc3)ccc12. The topological polar surface area (TPSA) is 45.2 Å².